The number of carbonyl (C=O) groups is 3. The third kappa shape index (κ3) is 8.33. The van der Waals surface area contributed by atoms with E-state index in [9.17, 15) is 14.4 Å². The highest BCUT2D eigenvalue weighted by Crippen LogP contribution is 2.32. The lowest BCUT2D eigenvalue weighted by Crippen LogP contribution is -2.53. The molecule has 0 saturated carbocycles. The number of hydrogen-bond donors (Lipinski definition) is 2. The first kappa shape index (κ1) is 31.7. The Kier molecular flexibility index (Phi) is 10.6. The molecule has 3 rings (SSSR count). The lowest BCUT2D eigenvalue weighted by Gasteiger charge is -2.35. The predicted octanol–water partition coefficient (Wildman–Crippen LogP) is 6.93. The fraction of sp³-hybridized carbons (Fsp3) is 0.364. The number of para-hydroxylation sites is 1. The third-order valence-electron chi connectivity index (χ3n) is 6.74. The molecule has 0 aliphatic carbocycles. The molecule has 2 N–H and O–H groups in total. The predicted molar refractivity (Wildman–Crippen MR) is 164 cm³/mol. The summed E-state index contributed by atoms with van der Waals surface area (Å²) < 4.78 is 5.49. The van der Waals surface area contributed by atoms with Crippen LogP contribution in [0.1, 0.15) is 61.6 Å². The summed E-state index contributed by atoms with van der Waals surface area (Å²) >= 11 is 6.46. The number of nitrogens with zero attached hydrogens (tertiary/aromatic N) is 1. The van der Waals surface area contributed by atoms with Crippen LogP contribution in [0.4, 0.5) is 10.5 Å². The van der Waals surface area contributed by atoms with Crippen LogP contribution in [-0.4, -0.2) is 41.0 Å². The third-order valence-corrected chi connectivity index (χ3v) is 7.06. The van der Waals surface area contributed by atoms with Crippen LogP contribution >= 0.6 is 11.6 Å². The number of rotatable bonds is 9. The Bertz CT molecular complexity index is 1340. The van der Waals surface area contributed by atoms with Crippen LogP contribution in [0.15, 0.2) is 66.7 Å². The number of hydrogen-bond acceptors (Lipinski definition) is 4. The summed E-state index contributed by atoms with van der Waals surface area (Å²) in [7, 11) is 0. The molecule has 0 aromatic heterocycles. The van der Waals surface area contributed by atoms with Gasteiger partial charge < -0.3 is 20.3 Å². The van der Waals surface area contributed by atoms with Crippen LogP contribution in [0, 0.1) is 20.8 Å². The molecule has 2 unspecified atom stereocenters. The summed E-state index contributed by atoms with van der Waals surface area (Å²) in [4.78, 5) is 42.9. The lowest BCUT2D eigenvalue weighted by molar-refractivity contribution is -0.140. The normalized spacial score (nSPS) is 12.7. The van der Waals surface area contributed by atoms with Crippen molar-refractivity contribution in [1.82, 2.24) is 10.2 Å². The number of ether oxygens (including phenoxy) is 1. The minimum atomic E-state index is -0.983. The SMILES string of the molecule is CCN(C(=O)C(Cc1ccccc1)NC(=O)OC(C)(C)C)C(C(=O)Nc1c(C)cccc1Cl)c1c(C)cccc1C. The number of aryl methyl sites for hydroxylation is 3. The lowest BCUT2D eigenvalue weighted by atomic mass is 9.93. The standard InChI is InChI=1S/C33H40ClN3O4/c1-8-37(31(39)26(20-24-17-10-9-11-18-24)35-32(40)41-33(5,6)7)29(27-21(2)14-12-15-22(27)3)30(38)36-28-23(4)16-13-19-25(28)34/h9-19,26,29H,8,20H2,1-7H3,(H,35,40)(H,36,38). The Hall–Kier alpha value is -3.84. The van der Waals surface area contributed by atoms with E-state index in [4.69, 9.17) is 16.3 Å². The number of amides is 3. The van der Waals surface area contributed by atoms with E-state index < -0.39 is 35.6 Å². The molecule has 0 saturated heterocycles. The van der Waals surface area contributed by atoms with Crippen LogP contribution in [0.2, 0.25) is 5.02 Å². The van der Waals surface area contributed by atoms with Gasteiger partial charge in [0.25, 0.3) is 5.91 Å². The molecule has 0 radical (unpaired) electrons. The second kappa shape index (κ2) is 13.7. The van der Waals surface area contributed by atoms with Gasteiger partial charge in [0.15, 0.2) is 0 Å². The molecule has 0 fully saturated rings. The van der Waals surface area contributed by atoms with Crippen LogP contribution in [-0.2, 0) is 20.7 Å². The fourth-order valence-electron chi connectivity index (χ4n) is 4.83. The number of nitrogens with one attached hydrogen (secondary N) is 2. The summed E-state index contributed by atoms with van der Waals surface area (Å²) in [6.07, 6.45) is -0.484. The van der Waals surface area contributed by atoms with E-state index in [0.29, 0.717) is 10.7 Å². The van der Waals surface area contributed by atoms with Gasteiger partial charge in [-0.25, -0.2) is 4.79 Å². The number of halogens is 1. The fourth-order valence-corrected chi connectivity index (χ4v) is 5.10. The highest BCUT2D eigenvalue weighted by atomic mass is 35.5. The van der Waals surface area contributed by atoms with E-state index in [2.05, 4.69) is 10.6 Å². The van der Waals surface area contributed by atoms with E-state index in [-0.39, 0.29) is 13.0 Å². The van der Waals surface area contributed by atoms with Gasteiger partial charge in [0.1, 0.15) is 17.7 Å². The monoisotopic (exact) mass is 577 g/mol. The number of anilines is 1. The van der Waals surface area contributed by atoms with E-state index in [1.54, 1.807) is 26.8 Å². The van der Waals surface area contributed by atoms with Crippen molar-refractivity contribution in [2.75, 3.05) is 11.9 Å². The van der Waals surface area contributed by atoms with Crippen molar-refractivity contribution in [2.24, 2.45) is 0 Å². The molecule has 0 aliphatic rings. The van der Waals surface area contributed by atoms with Crippen LogP contribution < -0.4 is 10.6 Å². The summed E-state index contributed by atoms with van der Waals surface area (Å²) in [5.74, 6) is -0.801. The number of alkyl carbamates (subject to hydrolysis) is 1. The Morgan fingerprint density at radius 1 is 0.878 bits per heavy atom. The summed E-state index contributed by atoms with van der Waals surface area (Å²) in [6.45, 7) is 13.0. The highest BCUT2D eigenvalue weighted by Gasteiger charge is 2.37. The molecule has 8 heteroatoms. The van der Waals surface area contributed by atoms with Crippen LogP contribution in [0.3, 0.4) is 0 Å². The topological polar surface area (TPSA) is 87.7 Å². The average molecular weight is 578 g/mol. The van der Waals surface area contributed by atoms with Crippen molar-refractivity contribution >= 4 is 35.2 Å². The molecule has 0 spiro atoms. The summed E-state index contributed by atoms with van der Waals surface area (Å²) in [5, 5.41) is 6.16. The first-order chi connectivity index (χ1) is 19.3. The molecule has 7 nitrogen and oxygen atoms in total. The van der Waals surface area contributed by atoms with Gasteiger partial charge in [-0.15, -0.1) is 0 Å². The zero-order valence-corrected chi connectivity index (χ0v) is 25.6. The minimum absolute atomic E-state index is 0.216. The number of benzene rings is 3. The molecule has 3 aromatic rings. The van der Waals surface area contributed by atoms with E-state index in [1.807, 2.05) is 88.4 Å². The Morgan fingerprint density at radius 3 is 2.02 bits per heavy atom. The van der Waals surface area contributed by atoms with Crippen molar-refractivity contribution in [1.29, 1.82) is 0 Å². The smallest absolute Gasteiger partial charge is 0.408 e. The van der Waals surface area contributed by atoms with Crippen molar-refractivity contribution in [3.63, 3.8) is 0 Å². The van der Waals surface area contributed by atoms with Crippen molar-refractivity contribution in [3.05, 3.63) is 99.6 Å². The maximum atomic E-state index is 14.4. The molecular formula is C33H40ClN3O4. The van der Waals surface area contributed by atoms with Gasteiger partial charge in [0.05, 0.1) is 10.7 Å². The zero-order valence-electron chi connectivity index (χ0n) is 24.9. The highest BCUT2D eigenvalue weighted by molar-refractivity contribution is 6.34. The number of carbonyl (C=O) groups excluding carboxylic acids is 3. The van der Waals surface area contributed by atoms with Crippen molar-refractivity contribution < 1.29 is 19.1 Å². The van der Waals surface area contributed by atoms with Gasteiger partial charge in [-0.1, -0.05) is 72.3 Å². The molecule has 218 valence electrons. The van der Waals surface area contributed by atoms with Gasteiger partial charge in [-0.3, -0.25) is 9.59 Å². The Balaban J connectivity index is 2.08. The second-order valence-corrected chi connectivity index (χ2v) is 11.5. The van der Waals surface area contributed by atoms with E-state index in [0.717, 1.165) is 27.8 Å². The maximum Gasteiger partial charge on any atom is 0.408 e. The largest absolute Gasteiger partial charge is 0.444 e. The molecule has 2 atom stereocenters. The first-order valence-electron chi connectivity index (χ1n) is 13.8. The van der Waals surface area contributed by atoms with Gasteiger partial charge in [-0.2, -0.15) is 0 Å². The van der Waals surface area contributed by atoms with Gasteiger partial charge in [-0.05, 0) is 82.3 Å². The van der Waals surface area contributed by atoms with Gasteiger partial charge in [0, 0.05) is 13.0 Å². The van der Waals surface area contributed by atoms with Crippen LogP contribution in [0.25, 0.3) is 0 Å². The summed E-state index contributed by atoms with van der Waals surface area (Å²) in [6, 6.07) is 18.6. The molecular weight excluding hydrogens is 538 g/mol. The number of likely N-dealkylation sites (N-methyl/N-ethyl adjacent to an activating group) is 1. The minimum Gasteiger partial charge on any atom is -0.444 e. The summed E-state index contributed by atoms with van der Waals surface area (Å²) in [5.41, 5.74) is 3.86. The second-order valence-electron chi connectivity index (χ2n) is 11.1. The van der Waals surface area contributed by atoms with Gasteiger partial charge >= 0.3 is 6.09 Å². The van der Waals surface area contributed by atoms with Crippen LogP contribution in [0.5, 0.6) is 0 Å². The van der Waals surface area contributed by atoms with E-state index in [1.165, 1.54) is 4.90 Å². The molecule has 3 amide bonds. The van der Waals surface area contributed by atoms with E-state index >= 15 is 0 Å². The maximum absolute atomic E-state index is 14.4. The Morgan fingerprint density at radius 2 is 1.46 bits per heavy atom. The molecule has 0 heterocycles. The zero-order chi connectivity index (χ0) is 30.3. The quantitative estimate of drug-likeness (QED) is 0.289. The average Bonchev–Trinajstić information content (AvgIpc) is 2.89. The first-order valence-corrected chi connectivity index (χ1v) is 14.2. The molecule has 0 aliphatic heterocycles. The molecule has 41 heavy (non-hydrogen) atoms. The van der Waals surface area contributed by atoms with Gasteiger partial charge in [0.2, 0.25) is 5.91 Å². The Labute approximate surface area is 248 Å². The molecule has 3 aromatic carbocycles. The molecule has 0 bridgehead atoms. The van der Waals surface area contributed by atoms with Crippen molar-refractivity contribution in [3.8, 4) is 0 Å². The van der Waals surface area contributed by atoms with Crippen molar-refractivity contribution in [2.45, 2.75) is 72.6 Å².